The fourth-order valence-electron chi connectivity index (χ4n) is 0.881. The summed E-state index contributed by atoms with van der Waals surface area (Å²) in [5.41, 5.74) is 4.77. The smallest absolute Gasteiger partial charge is 0.338 e. The van der Waals surface area contributed by atoms with Crippen LogP contribution in [0.3, 0.4) is 0 Å². The molecule has 3 N–H and O–H groups in total. The molecule has 0 aliphatic rings. The third-order valence-corrected chi connectivity index (χ3v) is 1.73. The number of rotatable bonds is 8. The molecule has 88 valence electrons. The van der Waals surface area contributed by atoms with E-state index >= 15 is 0 Å². The summed E-state index contributed by atoms with van der Waals surface area (Å²) < 4.78 is 0. The molecule has 6 nitrogen and oxygen atoms in total. The van der Waals surface area contributed by atoms with Crippen molar-refractivity contribution in [3.8, 4) is 0 Å². The van der Waals surface area contributed by atoms with Gasteiger partial charge in [0.1, 0.15) is 6.61 Å². The molecule has 2 amide bonds. The van der Waals surface area contributed by atoms with Gasteiger partial charge in [0.05, 0.1) is 6.54 Å². The van der Waals surface area contributed by atoms with Crippen LogP contribution in [0, 0.1) is 0 Å². The van der Waals surface area contributed by atoms with Crippen molar-refractivity contribution >= 4 is 12.2 Å². The predicted molar refractivity (Wildman–Crippen MR) is 56.7 cm³/mol. The average molecular weight is 217 g/mol. The molecule has 0 aliphatic carbocycles. The van der Waals surface area contributed by atoms with Crippen LogP contribution in [0.2, 0.25) is 0 Å². The van der Waals surface area contributed by atoms with E-state index in [1.54, 1.807) is 6.21 Å². The van der Waals surface area contributed by atoms with E-state index in [4.69, 9.17) is 15.8 Å². The molecule has 0 aromatic carbocycles. The van der Waals surface area contributed by atoms with E-state index in [0.29, 0.717) is 5.06 Å². The van der Waals surface area contributed by atoms with Gasteiger partial charge >= 0.3 is 6.03 Å². The monoisotopic (exact) mass is 217 g/mol. The topological polar surface area (TPSA) is 88.2 Å². The van der Waals surface area contributed by atoms with Crippen LogP contribution in [0.5, 0.6) is 0 Å². The number of hydrogen-bond donors (Lipinski definition) is 2. The Balaban J connectivity index is 3.26. The van der Waals surface area contributed by atoms with E-state index in [0.717, 1.165) is 12.8 Å². The van der Waals surface area contributed by atoms with Crippen molar-refractivity contribution in [3.63, 3.8) is 0 Å². The van der Waals surface area contributed by atoms with Crippen molar-refractivity contribution in [2.24, 2.45) is 10.9 Å². The molecular formula is C9H19N3O3. The minimum absolute atomic E-state index is 0.0155. The van der Waals surface area contributed by atoms with E-state index in [9.17, 15) is 4.79 Å². The number of oxime groups is 1. The van der Waals surface area contributed by atoms with Gasteiger partial charge in [-0.25, -0.2) is 9.86 Å². The number of hydroxylamine groups is 2. The Labute approximate surface area is 89.6 Å². The molecule has 0 radical (unpaired) electrons. The van der Waals surface area contributed by atoms with Gasteiger partial charge in [0, 0.05) is 6.21 Å². The van der Waals surface area contributed by atoms with Gasteiger partial charge in [0.25, 0.3) is 0 Å². The molecule has 0 rings (SSSR count). The number of primary amides is 1. The highest BCUT2D eigenvalue weighted by atomic mass is 16.6. The van der Waals surface area contributed by atoms with Gasteiger partial charge in [-0.3, -0.25) is 5.21 Å². The van der Waals surface area contributed by atoms with Crippen molar-refractivity contribution in [2.45, 2.75) is 32.6 Å². The first-order valence-corrected chi connectivity index (χ1v) is 5.08. The van der Waals surface area contributed by atoms with Gasteiger partial charge in [0.2, 0.25) is 0 Å². The highest BCUT2D eigenvalue weighted by Crippen LogP contribution is 1.96. The third-order valence-electron chi connectivity index (χ3n) is 1.73. The maximum atomic E-state index is 10.3. The van der Waals surface area contributed by atoms with Crippen molar-refractivity contribution in [1.82, 2.24) is 5.06 Å². The molecule has 0 saturated carbocycles. The van der Waals surface area contributed by atoms with Crippen LogP contribution in [0.15, 0.2) is 5.16 Å². The Morgan fingerprint density at radius 3 is 2.93 bits per heavy atom. The minimum atomic E-state index is -0.898. The van der Waals surface area contributed by atoms with E-state index in [2.05, 4.69) is 12.1 Å². The molecule has 0 bridgehead atoms. The summed E-state index contributed by atoms with van der Waals surface area (Å²) in [7, 11) is 0. The lowest BCUT2D eigenvalue weighted by molar-refractivity contribution is -0.0560. The van der Waals surface area contributed by atoms with Gasteiger partial charge < -0.3 is 10.6 Å². The maximum Gasteiger partial charge on any atom is 0.338 e. The predicted octanol–water partition coefficient (Wildman–Crippen LogP) is 1.34. The molecule has 0 unspecified atom stereocenters. The summed E-state index contributed by atoms with van der Waals surface area (Å²) in [5, 5.41) is 12.9. The zero-order valence-corrected chi connectivity index (χ0v) is 9.06. The normalized spacial score (nSPS) is 10.5. The summed E-state index contributed by atoms with van der Waals surface area (Å²) in [6.07, 6.45) is 6.01. The summed E-state index contributed by atoms with van der Waals surface area (Å²) >= 11 is 0. The zero-order chi connectivity index (χ0) is 11.5. The summed E-state index contributed by atoms with van der Waals surface area (Å²) in [6, 6.07) is -0.898. The van der Waals surface area contributed by atoms with Crippen LogP contribution < -0.4 is 5.73 Å². The largest absolute Gasteiger partial charge is 0.394 e. The lowest BCUT2D eigenvalue weighted by atomic mass is 10.2. The molecule has 0 atom stereocenters. The number of unbranched alkanes of at least 4 members (excludes halogenated alkanes) is 3. The maximum absolute atomic E-state index is 10.3. The van der Waals surface area contributed by atoms with Crippen molar-refractivity contribution in [1.29, 1.82) is 0 Å². The SMILES string of the molecule is CCCCC/C=N/OCCN(O)C(N)=O. The lowest BCUT2D eigenvalue weighted by Crippen LogP contribution is -2.34. The summed E-state index contributed by atoms with van der Waals surface area (Å²) in [5.74, 6) is 0. The summed E-state index contributed by atoms with van der Waals surface area (Å²) in [4.78, 5) is 15.1. The molecule has 0 fully saturated rings. The van der Waals surface area contributed by atoms with E-state index < -0.39 is 6.03 Å². The van der Waals surface area contributed by atoms with Crippen molar-refractivity contribution < 1.29 is 14.8 Å². The van der Waals surface area contributed by atoms with Crippen LogP contribution in [0.25, 0.3) is 0 Å². The number of carbonyl (C=O) groups excluding carboxylic acids is 1. The van der Waals surface area contributed by atoms with Crippen LogP contribution >= 0.6 is 0 Å². The zero-order valence-electron chi connectivity index (χ0n) is 9.06. The minimum Gasteiger partial charge on any atom is -0.394 e. The molecule has 15 heavy (non-hydrogen) atoms. The molecular weight excluding hydrogens is 198 g/mol. The first-order chi connectivity index (χ1) is 7.18. The Morgan fingerprint density at radius 1 is 1.60 bits per heavy atom. The number of nitrogens with two attached hydrogens (primary N) is 1. The number of hydrogen-bond acceptors (Lipinski definition) is 4. The van der Waals surface area contributed by atoms with Crippen LogP contribution in [-0.2, 0) is 4.84 Å². The molecule has 0 spiro atoms. The first kappa shape index (κ1) is 13.7. The van der Waals surface area contributed by atoms with Gasteiger partial charge in [-0.2, -0.15) is 0 Å². The highest BCUT2D eigenvalue weighted by molar-refractivity contribution is 5.70. The molecule has 0 heterocycles. The van der Waals surface area contributed by atoms with Gasteiger partial charge in [-0.15, -0.1) is 0 Å². The second-order valence-corrected chi connectivity index (χ2v) is 3.08. The van der Waals surface area contributed by atoms with Crippen LogP contribution in [0.4, 0.5) is 4.79 Å². The highest BCUT2D eigenvalue weighted by Gasteiger charge is 2.03. The Kier molecular flexibility index (Phi) is 8.46. The van der Waals surface area contributed by atoms with Gasteiger partial charge in [-0.05, 0) is 12.8 Å². The molecule has 6 heteroatoms. The standard InChI is InChI=1S/C9H19N3O3/c1-2-3-4-5-6-11-15-8-7-12(14)9(10)13/h6,14H,2-5,7-8H2,1H3,(H2,10,13)/b11-6+. The molecule has 0 saturated heterocycles. The van der Waals surface area contributed by atoms with Gasteiger partial charge in [0.15, 0.2) is 0 Å². The summed E-state index contributed by atoms with van der Waals surface area (Å²) in [6.45, 7) is 2.28. The molecule has 0 aromatic rings. The molecule has 0 aliphatic heterocycles. The van der Waals surface area contributed by atoms with Crippen molar-refractivity contribution in [3.05, 3.63) is 0 Å². The Hall–Kier alpha value is -1.30. The quantitative estimate of drug-likeness (QED) is 0.278. The number of nitrogens with zero attached hydrogens (tertiary/aromatic N) is 2. The molecule has 0 aromatic heterocycles. The lowest BCUT2D eigenvalue weighted by Gasteiger charge is -2.09. The fraction of sp³-hybridized carbons (Fsp3) is 0.778. The third kappa shape index (κ3) is 9.01. The van der Waals surface area contributed by atoms with E-state index in [1.807, 2.05) is 0 Å². The Bertz CT molecular complexity index is 197. The van der Waals surface area contributed by atoms with E-state index in [1.165, 1.54) is 12.8 Å². The number of carbonyl (C=O) groups is 1. The second-order valence-electron chi connectivity index (χ2n) is 3.08. The Morgan fingerprint density at radius 2 is 2.33 bits per heavy atom. The van der Waals surface area contributed by atoms with E-state index in [-0.39, 0.29) is 13.2 Å². The van der Waals surface area contributed by atoms with Gasteiger partial charge in [-0.1, -0.05) is 24.9 Å². The number of amides is 2. The van der Waals surface area contributed by atoms with Crippen molar-refractivity contribution in [2.75, 3.05) is 13.2 Å². The van der Waals surface area contributed by atoms with Crippen LogP contribution in [0.1, 0.15) is 32.6 Å². The first-order valence-electron chi connectivity index (χ1n) is 5.08. The number of urea groups is 1. The fourth-order valence-corrected chi connectivity index (χ4v) is 0.881. The second kappa shape index (κ2) is 9.26. The van der Waals surface area contributed by atoms with Crippen LogP contribution in [-0.4, -0.2) is 35.7 Å². The average Bonchev–Trinajstić information content (AvgIpc) is 2.21.